The molecule has 1 N–H and O–H groups in total. The Labute approximate surface area is 231 Å². The number of amides is 1. The van der Waals surface area contributed by atoms with E-state index in [0.29, 0.717) is 53.9 Å². The number of Topliss-reactive ketones (excluding diaryl/α,β-unsaturated/α-hetero) is 1. The molecule has 0 heterocycles. The maximum Gasteiger partial charge on any atom is 0.266 e. The van der Waals surface area contributed by atoms with E-state index in [2.05, 4.69) is 20.8 Å². The SMILES string of the molecule is CC(CCC(=O)N(CCN(C)C)CCS(=O)(=O)O)C1CCC2C3CCC4CC(=O)CCC4(C)C3CCC12C. The molecule has 4 rings (SSSR count). The van der Waals surface area contributed by atoms with Gasteiger partial charge < -0.3 is 9.80 Å². The summed E-state index contributed by atoms with van der Waals surface area (Å²) in [6.07, 6.45) is 11.5. The van der Waals surface area contributed by atoms with Crippen LogP contribution in [0, 0.1) is 46.3 Å². The first-order chi connectivity index (χ1) is 17.7. The number of ketones is 1. The Balaban J connectivity index is 1.37. The van der Waals surface area contributed by atoms with Crippen molar-refractivity contribution in [3.63, 3.8) is 0 Å². The molecule has 4 aliphatic carbocycles. The number of nitrogens with zero attached hydrogens (tertiary/aromatic N) is 2. The highest BCUT2D eigenvalue weighted by Crippen LogP contribution is 2.68. The summed E-state index contributed by atoms with van der Waals surface area (Å²) in [7, 11) is -0.244. The highest BCUT2D eigenvalue weighted by molar-refractivity contribution is 7.85. The van der Waals surface area contributed by atoms with Crippen molar-refractivity contribution in [3.05, 3.63) is 0 Å². The van der Waals surface area contributed by atoms with Gasteiger partial charge in [-0.3, -0.25) is 14.1 Å². The number of carbonyl (C=O) groups is 2. The number of hydrogen-bond acceptors (Lipinski definition) is 5. The van der Waals surface area contributed by atoms with Gasteiger partial charge in [0.05, 0.1) is 5.75 Å². The van der Waals surface area contributed by atoms with Crippen LogP contribution in [-0.2, 0) is 19.7 Å². The van der Waals surface area contributed by atoms with E-state index in [0.717, 1.165) is 43.4 Å². The van der Waals surface area contributed by atoms with E-state index in [1.807, 2.05) is 19.0 Å². The summed E-state index contributed by atoms with van der Waals surface area (Å²) in [5, 5.41) is 0. The number of rotatable bonds is 10. The molecular weight excluding hydrogens is 500 g/mol. The second-order valence-electron chi connectivity index (χ2n) is 14.1. The highest BCUT2D eigenvalue weighted by atomic mass is 32.2. The number of hydrogen-bond donors (Lipinski definition) is 1. The maximum atomic E-state index is 13.1. The standard InChI is InChI=1S/C30H52N2O5S/c1-21(6-11-28(34)32(17-16-31(4)5)18-19-38(35,36)37)25-9-10-26-24-8-7-22-20-23(33)12-14-29(22,2)27(24)13-15-30(25,26)3/h21-22,24-27H,6-20H2,1-5H3,(H,35,36,37). The number of fused-ring (bicyclic) bond motifs is 5. The molecule has 4 aliphatic rings. The molecule has 1 amide bonds. The molecular formula is C30H52N2O5S. The topological polar surface area (TPSA) is 95.0 Å². The Morgan fingerprint density at radius 2 is 1.71 bits per heavy atom. The van der Waals surface area contributed by atoms with Gasteiger partial charge in [-0.1, -0.05) is 20.8 Å². The Morgan fingerprint density at radius 3 is 2.39 bits per heavy atom. The fraction of sp³-hybridized carbons (Fsp3) is 0.933. The Morgan fingerprint density at radius 1 is 1.00 bits per heavy atom. The Hall–Kier alpha value is -0.990. The van der Waals surface area contributed by atoms with Crippen molar-refractivity contribution in [2.75, 3.05) is 39.5 Å². The Kier molecular flexibility index (Phi) is 9.06. The number of likely N-dealkylation sites (N-methyl/N-ethyl adjacent to an activating group) is 1. The first-order valence-corrected chi connectivity index (χ1v) is 16.7. The van der Waals surface area contributed by atoms with Gasteiger partial charge in [-0.15, -0.1) is 0 Å². The van der Waals surface area contributed by atoms with Crippen LogP contribution in [-0.4, -0.2) is 73.9 Å². The van der Waals surface area contributed by atoms with Crippen LogP contribution in [0.2, 0.25) is 0 Å². The molecule has 4 saturated carbocycles. The van der Waals surface area contributed by atoms with E-state index in [1.54, 1.807) is 4.90 Å². The van der Waals surface area contributed by atoms with Gasteiger partial charge in [-0.25, -0.2) is 0 Å². The van der Waals surface area contributed by atoms with Gasteiger partial charge >= 0.3 is 0 Å². The van der Waals surface area contributed by atoms with Crippen LogP contribution >= 0.6 is 0 Å². The lowest BCUT2D eigenvalue weighted by Crippen LogP contribution is -2.53. The van der Waals surface area contributed by atoms with Crippen molar-refractivity contribution < 1.29 is 22.6 Å². The van der Waals surface area contributed by atoms with Crippen LogP contribution < -0.4 is 0 Å². The summed E-state index contributed by atoms with van der Waals surface area (Å²) < 4.78 is 31.8. The van der Waals surface area contributed by atoms with Crippen LogP contribution in [0.1, 0.15) is 91.4 Å². The molecule has 0 spiro atoms. The van der Waals surface area contributed by atoms with E-state index >= 15 is 0 Å². The first kappa shape index (κ1) is 30.0. The van der Waals surface area contributed by atoms with Crippen molar-refractivity contribution in [1.29, 1.82) is 0 Å². The van der Waals surface area contributed by atoms with Gasteiger partial charge in [0.2, 0.25) is 5.91 Å². The molecule has 0 aromatic carbocycles. The molecule has 8 unspecified atom stereocenters. The van der Waals surface area contributed by atoms with Crippen LogP contribution in [0.3, 0.4) is 0 Å². The molecule has 8 heteroatoms. The third kappa shape index (κ3) is 6.17. The van der Waals surface area contributed by atoms with Crippen molar-refractivity contribution in [2.45, 2.75) is 91.4 Å². The second-order valence-corrected chi connectivity index (χ2v) is 15.7. The predicted octanol–water partition coefficient (Wildman–Crippen LogP) is 4.91. The summed E-state index contributed by atoms with van der Waals surface area (Å²) in [5.74, 6) is 4.01. The summed E-state index contributed by atoms with van der Waals surface area (Å²) in [5.41, 5.74) is 0.666. The summed E-state index contributed by atoms with van der Waals surface area (Å²) in [6, 6.07) is 0. The van der Waals surface area contributed by atoms with Crippen molar-refractivity contribution in [2.24, 2.45) is 46.3 Å². The first-order valence-electron chi connectivity index (χ1n) is 15.1. The summed E-state index contributed by atoms with van der Waals surface area (Å²) >= 11 is 0. The molecule has 0 radical (unpaired) electrons. The molecule has 0 saturated heterocycles. The van der Waals surface area contributed by atoms with Crippen molar-refractivity contribution >= 4 is 21.8 Å². The third-order valence-corrected chi connectivity index (χ3v) is 12.5. The molecule has 0 bridgehead atoms. The van der Waals surface area contributed by atoms with E-state index in [4.69, 9.17) is 0 Å². The monoisotopic (exact) mass is 552 g/mol. The van der Waals surface area contributed by atoms with Crippen LogP contribution in [0.15, 0.2) is 0 Å². The zero-order valence-corrected chi connectivity index (χ0v) is 25.3. The second kappa shape index (κ2) is 11.5. The molecule has 4 fully saturated rings. The fourth-order valence-corrected chi connectivity index (χ4v) is 10.1. The van der Waals surface area contributed by atoms with Gasteiger partial charge in [0.15, 0.2) is 0 Å². The van der Waals surface area contributed by atoms with Gasteiger partial charge in [0.25, 0.3) is 10.1 Å². The average Bonchev–Trinajstić information content (AvgIpc) is 3.19. The third-order valence-electron chi connectivity index (χ3n) is 11.8. The lowest BCUT2D eigenvalue weighted by atomic mass is 9.44. The molecule has 0 aromatic rings. The smallest absolute Gasteiger partial charge is 0.266 e. The zero-order valence-electron chi connectivity index (χ0n) is 24.5. The van der Waals surface area contributed by atoms with Gasteiger partial charge in [0.1, 0.15) is 5.78 Å². The summed E-state index contributed by atoms with van der Waals surface area (Å²) in [4.78, 5) is 28.9. The van der Waals surface area contributed by atoms with Crippen molar-refractivity contribution in [3.8, 4) is 0 Å². The normalized spacial score (nSPS) is 37.9. The lowest BCUT2D eigenvalue weighted by Gasteiger charge is -2.60. The van der Waals surface area contributed by atoms with E-state index < -0.39 is 15.9 Å². The molecule has 7 nitrogen and oxygen atoms in total. The fourth-order valence-electron chi connectivity index (χ4n) is 9.64. The maximum absolute atomic E-state index is 13.1. The molecule has 218 valence electrons. The molecule has 8 atom stereocenters. The van der Waals surface area contributed by atoms with Crippen LogP contribution in [0.25, 0.3) is 0 Å². The van der Waals surface area contributed by atoms with Gasteiger partial charge in [0, 0.05) is 38.9 Å². The Bertz CT molecular complexity index is 983. The van der Waals surface area contributed by atoms with Gasteiger partial charge in [-0.2, -0.15) is 8.42 Å². The molecule has 0 aliphatic heterocycles. The van der Waals surface area contributed by atoms with E-state index in [9.17, 15) is 22.6 Å². The predicted molar refractivity (Wildman–Crippen MR) is 150 cm³/mol. The summed E-state index contributed by atoms with van der Waals surface area (Å²) in [6.45, 7) is 8.54. The molecule has 0 aromatic heterocycles. The minimum absolute atomic E-state index is 0.0103. The van der Waals surface area contributed by atoms with E-state index in [-0.39, 0.29) is 12.5 Å². The minimum atomic E-state index is -4.11. The number of carbonyl (C=O) groups excluding carboxylic acids is 2. The van der Waals surface area contributed by atoms with Crippen LogP contribution in [0.4, 0.5) is 0 Å². The highest BCUT2D eigenvalue weighted by Gasteiger charge is 2.60. The van der Waals surface area contributed by atoms with Crippen molar-refractivity contribution in [1.82, 2.24) is 9.80 Å². The lowest BCUT2D eigenvalue weighted by molar-refractivity contribution is -0.140. The average molecular weight is 553 g/mol. The largest absolute Gasteiger partial charge is 0.340 e. The zero-order chi connectivity index (χ0) is 27.9. The quantitative estimate of drug-likeness (QED) is 0.387. The molecule has 38 heavy (non-hydrogen) atoms. The van der Waals surface area contributed by atoms with E-state index in [1.165, 1.54) is 38.5 Å². The van der Waals surface area contributed by atoms with Gasteiger partial charge in [-0.05, 0) is 112 Å². The minimum Gasteiger partial charge on any atom is -0.340 e. The van der Waals surface area contributed by atoms with Crippen LogP contribution in [0.5, 0.6) is 0 Å².